The fraction of sp³-hybridized carbons (Fsp3) is 0.167. The Morgan fingerprint density at radius 2 is 1.92 bits per heavy atom. The van der Waals surface area contributed by atoms with Gasteiger partial charge in [0.1, 0.15) is 0 Å². The minimum Gasteiger partial charge on any atom is -0.318 e. The van der Waals surface area contributed by atoms with E-state index in [1.54, 1.807) is 0 Å². The van der Waals surface area contributed by atoms with Crippen molar-refractivity contribution in [3.8, 4) is 0 Å². The predicted octanol–water partition coefficient (Wildman–Crippen LogP) is -1.79. The third-order valence-electron chi connectivity index (χ3n) is 1.70. The molecule has 0 aromatic carbocycles. The van der Waals surface area contributed by atoms with Crippen LogP contribution in [0.15, 0.2) is 12.2 Å². The van der Waals surface area contributed by atoms with E-state index < -0.39 is 23.5 Å². The molecule has 2 rings (SSSR count). The molecule has 0 aliphatic carbocycles. The molecule has 62 valence electrons. The summed E-state index contributed by atoms with van der Waals surface area (Å²) in [6.07, 6.45) is 2.51. The van der Waals surface area contributed by atoms with Crippen LogP contribution < -0.4 is 16.0 Å². The van der Waals surface area contributed by atoms with Gasteiger partial charge in [-0.3, -0.25) is 14.9 Å². The standard InChI is InChI=1S/C6H5N3O3/c10-3-1-2-6(8-3)4(11)7-5(12)9-6/h1-2H,(H,8,10)(H2,7,9,11,12). The molecule has 0 bridgehead atoms. The van der Waals surface area contributed by atoms with Gasteiger partial charge in [-0.2, -0.15) is 0 Å². The molecule has 2 heterocycles. The van der Waals surface area contributed by atoms with E-state index in [-0.39, 0.29) is 0 Å². The number of imide groups is 1. The van der Waals surface area contributed by atoms with Crippen LogP contribution in [0.5, 0.6) is 0 Å². The molecule has 1 fully saturated rings. The fourth-order valence-corrected chi connectivity index (χ4v) is 1.15. The van der Waals surface area contributed by atoms with Gasteiger partial charge in [-0.1, -0.05) is 0 Å². The first-order valence-electron chi connectivity index (χ1n) is 3.27. The number of hydrogen-bond donors (Lipinski definition) is 3. The van der Waals surface area contributed by atoms with Crippen molar-refractivity contribution in [3.63, 3.8) is 0 Å². The van der Waals surface area contributed by atoms with Crippen molar-refractivity contribution in [3.05, 3.63) is 12.2 Å². The Kier molecular flexibility index (Phi) is 1.05. The maximum atomic E-state index is 11.1. The molecule has 2 aliphatic rings. The summed E-state index contributed by atoms with van der Waals surface area (Å²) in [6.45, 7) is 0. The van der Waals surface area contributed by atoms with E-state index in [4.69, 9.17) is 0 Å². The Balaban J connectivity index is 2.34. The molecule has 1 saturated heterocycles. The van der Waals surface area contributed by atoms with Gasteiger partial charge in [0.05, 0.1) is 0 Å². The summed E-state index contributed by atoms with van der Waals surface area (Å²) in [5, 5.41) is 6.62. The van der Waals surface area contributed by atoms with E-state index in [0.29, 0.717) is 0 Å². The van der Waals surface area contributed by atoms with Crippen molar-refractivity contribution in [1.29, 1.82) is 0 Å². The monoisotopic (exact) mass is 167 g/mol. The zero-order valence-electron chi connectivity index (χ0n) is 5.88. The van der Waals surface area contributed by atoms with Crippen LogP contribution in [0.3, 0.4) is 0 Å². The Morgan fingerprint density at radius 1 is 1.17 bits per heavy atom. The van der Waals surface area contributed by atoms with E-state index in [2.05, 4.69) is 10.6 Å². The first kappa shape index (κ1) is 6.84. The lowest BCUT2D eigenvalue weighted by Gasteiger charge is -2.16. The second kappa shape index (κ2) is 1.84. The molecule has 0 aromatic rings. The Labute approximate surface area is 67.0 Å². The third-order valence-corrected chi connectivity index (χ3v) is 1.70. The summed E-state index contributed by atoms with van der Waals surface area (Å²) in [5.41, 5.74) is -1.34. The first-order chi connectivity index (χ1) is 5.62. The molecule has 1 unspecified atom stereocenters. The topological polar surface area (TPSA) is 87.3 Å². The average Bonchev–Trinajstić information content (AvgIpc) is 2.43. The van der Waals surface area contributed by atoms with E-state index >= 15 is 0 Å². The Morgan fingerprint density at radius 3 is 2.33 bits per heavy atom. The summed E-state index contributed by atoms with van der Waals surface area (Å²) in [7, 11) is 0. The molecule has 1 spiro atoms. The van der Waals surface area contributed by atoms with Gasteiger partial charge in [0.2, 0.25) is 11.6 Å². The van der Waals surface area contributed by atoms with Gasteiger partial charge in [0.15, 0.2) is 0 Å². The normalized spacial score (nSPS) is 32.2. The average molecular weight is 167 g/mol. The van der Waals surface area contributed by atoms with E-state index in [1.165, 1.54) is 12.2 Å². The van der Waals surface area contributed by atoms with Crippen LogP contribution in [0.2, 0.25) is 0 Å². The summed E-state index contributed by atoms with van der Waals surface area (Å²) in [6, 6.07) is -0.605. The zero-order valence-corrected chi connectivity index (χ0v) is 5.88. The minimum absolute atomic E-state index is 0.396. The van der Waals surface area contributed by atoms with Crippen LogP contribution >= 0.6 is 0 Å². The van der Waals surface area contributed by atoms with Gasteiger partial charge in [0, 0.05) is 6.08 Å². The number of hydrogen-bond acceptors (Lipinski definition) is 3. The third kappa shape index (κ3) is 0.714. The lowest BCUT2D eigenvalue weighted by molar-refractivity contribution is -0.127. The van der Waals surface area contributed by atoms with Crippen LogP contribution in [-0.2, 0) is 9.59 Å². The number of nitrogens with one attached hydrogen (secondary N) is 3. The van der Waals surface area contributed by atoms with Crippen LogP contribution in [0, 0.1) is 0 Å². The van der Waals surface area contributed by atoms with E-state index in [1.807, 2.05) is 5.32 Å². The van der Waals surface area contributed by atoms with Crippen molar-refractivity contribution in [2.24, 2.45) is 0 Å². The van der Waals surface area contributed by atoms with Crippen LogP contribution in [0.1, 0.15) is 0 Å². The molecule has 0 saturated carbocycles. The predicted molar refractivity (Wildman–Crippen MR) is 36.7 cm³/mol. The first-order valence-corrected chi connectivity index (χ1v) is 3.27. The zero-order chi connectivity index (χ0) is 8.77. The van der Waals surface area contributed by atoms with E-state index in [0.717, 1.165) is 0 Å². The second-order valence-electron chi connectivity index (χ2n) is 2.54. The van der Waals surface area contributed by atoms with Crippen molar-refractivity contribution < 1.29 is 14.4 Å². The number of carbonyl (C=O) groups is 3. The molecule has 2 aliphatic heterocycles. The molecular formula is C6H5N3O3. The quantitative estimate of drug-likeness (QED) is 0.372. The molecule has 4 amide bonds. The fourth-order valence-electron chi connectivity index (χ4n) is 1.15. The molecule has 3 N–H and O–H groups in total. The van der Waals surface area contributed by atoms with E-state index in [9.17, 15) is 14.4 Å². The summed E-state index contributed by atoms with van der Waals surface area (Å²) >= 11 is 0. The Bertz CT molecular complexity index is 322. The number of amides is 4. The lowest BCUT2D eigenvalue weighted by Crippen LogP contribution is -2.55. The summed E-state index contributed by atoms with van der Waals surface area (Å²) in [4.78, 5) is 32.5. The highest BCUT2D eigenvalue weighted by atomic mass is 16.2. The summed E-state index contributed by atoms with van der Waals surface area (Å²) in [5.74, 6) is -0.957. The number of urea groups is 1. The SMILES string of the molecule is O=C1C=CC2(N1)NC(=O)NC2=O. The molecule has 0 aromatic heterocycles. The van der Waals surface area contributed by atoms with Crippen LogP contribution in [-0.4, -0.2) is 23.5 Å². The highest BCUT2D eigenvalue weighted by Gasteiger charge is 2.47. The molecular weight excluding hydrogens is 162 g/mol. The van der Waals surface area contributed by atoms with Crippen LogP contribution in [0.4, 0.5) is 4.79 Å². The van der Waals surface area contributed by atoms with Crippen molar-refractivity contribution >= 4 is 17.8 Å². The highest BCUT2D eigenvalue weighted by molar-refractivity contribution is 6.12. The lowest BCUT2D eigenvalue weighted by atomic mass is 10.2. The van der Waals surface area contributed by atoms with Crippen molar-refractivity contribution in [1.82, 2.24) is 16.0 Å². The second-order valence-corrected chi connectivity index (χ2v) is 2.54. The highest BCUT2D eigenvalue weighted by Crippen LogP contribution is 2.13. The molecule has 6 nitrogen and oxygen atoms in total. The maximum Gasteiger partial charge on any atom is 0.324 e. The van der Waals surface area contributed by atoms with Crippen molar-refractivity contribution in [2.75, 3.05) is 0 Å². The number of carbonyl (C=O) groups excluding carboxylic acids is 3. The Hall–Kier alpha value is -1.85. The van der Waals surface area contributed by atoms with Gasteiger partial charge in [0.25, 0.3) is 5.91 Å². The molecule has 0 radical (unpaired) electrons. The van der Waals surface area contributed by atoms with Gasteiger partial charge in [-0.15, -0.1) is 0 Å². The summed E-state index contributed by atoms with van der Waals surface area (Å²) < 4.78 is 0. The largest absolute Gasteiger partial charge is 0.324 e. The van der Waals surface area contributed by atoms with Gasteiger partial charge < -0.3 is 10.6 Å². The van der Waals surface area contributed by atoms with Crippen LogP contribution in [0.25, 0.3) is 0 Å². The van der Waals surface area contributed by atoms with Gasteiger partial charge in [-0.05, 0) is 6.08 Å². The smallest absolute Gasteiger partial charge is 0.318 e. The minimum atomic E-state index is -1.34. The maximum absolute atomic E-state index is 11.1. The molecule has 6 heteroatoms. The molecule has 1 atom stereocenters. The van der Waals surface area contributed by atoms with Gasteiger partial charge in [-0.25, -0.2) is 4.79 Å². The molecule has 12 heavy (non-hydrogen) atoms. The number of rotatable bonds is 0. The van der Waals surface area contributed by atoms with Crippen molar-refractivity contribution in [2.45, 2.75) is 5.66 Å². The van der Waals surface area contributed by atoms with Gasteiger partial charge >= 0.3 is 6.03 Å².